The Morgan fingerprint density at radius 2 is 1.78 bits per heavy atom. The van der Waals surface area contributed by atoms with Gasteiger partial charge in [-0.2, -0.15) is 0 Å². The van der Waals surface area contributed by atoms with Gasteiger partial charge in [-0.1, -0.05) is 0 Å². The first kappa shape index (κ1) is 18.4. The van der Waals surface area contributed by atoms with Crippen LogP contribution < -0.4 is 4.74 Å². The Morgan fingerprint density at radius 1 is 1.22 bits per heavy atom. The minimum Gasteiger partial charge on any atom is -0.424 e. The molecule has 0 atom stereocenters. The molecule has 10 heteroatoms. The fourth-order valence-electron chi connectivity index (χ4n) is 1.84. The van der Waals surface area contributed by atoms with E-state index in [2.05, 4.69) is 0 Å². The van der Waals surface area contributed by atoms with Gasteiger partial charge in [-0.3, -0.25) is 25.0 Å². The number of nitro benzene ring substituents is 2. The molecule has 1 aromatic carbocycles. The summed E-state index contributed by atoms with van der Waals surface area (Å²) in [5.41, 5.74) is -1.51. The first-order valence-electron chi connectivity index (χ1n) is 6.67. The molecule has 0 fully saturated rings. The summed E-state index contributed by atoms with van der Waals surface area (Å²) < 4.78 is 5.35. The average molecular weight is 341 g/mol. The van der Waals surface area contributed by atoms with Crippen LogP contribution in [0.25, 0.3) is 0 Å². The quantitative estimate of drug-likeness (QED) is 0.335. The molecule has 0 unspecified atom stereocenters. The van der Waals surface area contributed by atoms with E-state index in [9.17, 15) is 25.0 Å². The zero-order chi connectivity index (χ0) is 17.7. The van der Waals surface area contributed by atoms with Gasteiger partial charge >= 0.3 is 5.69 Å². The number of nitrogens with zero attached hydrogens (tertiary/aromatic N) is 3. The third-order valence-corrected chi connectivity index (χ3v) is 3.39. The second-order valence-electron chi connectivity index (χ2n) is 4.45. The molecule has 0 N–H and O–H groups in total. The van der Waals surface area contributed by atoms with Crippen LogP contribution in [0.2, 0.25) is 0 Å². The summed E-state index contributed by atoms with van der Waals surface area (Å²) >= 11 is 5.07. The Bertz CT molecular complexity index is 637. The van der Waals surface area contributed by atoms with Gasteiger partial charge in [0.2, 0.25) is 5.75 Å². The first-order valence-corrected chi connectivity index (χ1v) is 7.08. The molecule has 0 radical (unpaired) electrons. The lowest BCUT2D eigenvalue weighted by molar-refractivity contribution is -0.394. The van der Waals surface area contributed by atoms with E-state index >= 15 is 0 Å². The predicted octanol–water partition coefficient (Wildman–Crippen LogP) is 2.71. The topological polar surface area (TPSA) is 116 Å². The second kappa shape index (κ2) is 7.58. The maximum Gasteiger partial charge on any atom is 0.319 e. The fourth-order valence-corrected chi connectivity index (χ4v) is 2.18. The van der Waals surface area contributed by atoms with Crippen LogP contribution in [0.1, 0.15) is 31.1 Å². The van der Waals surface area contributed by atoms with Crippen LogP contribution in [0.5, 0.6) is 5.75 Å². The number of carbonyl (C=O) groups excluding carboxylic acids is 1. The molecule has 0 aromatic heterocycles. The summed E-state index contributed by atoms with van der Waals surface area (Å²) in [6.07, 6.45) is 0. The number of hydrogen-bond acceptors (Lipinski definition) is 7. The number of Topliss-reactive ketones (excluding diaryl/α,β-unsaturated/α-hetero) is 1. The molecular formula is C13H15N3O6S. The number of rotatable bonds is 6. The molecule has 0 saturated heterocycles. The molecular weight excluding hydrogens is 326 g/mol. The number of non-ortho nitro benzene ring substituents is 1. The molecule has 124 valence electrons. The van der Waals surface area contributed by atoms with Crippen molar-refractivity contribution in [1.29, 1.82) is 0 Å². The van der Waals surface area contributed by atoms with Crippen molar-refractivity contribution in [1.82, 2.24) is 4.90 Å². The van der Waals surface area contributed by atoms with E-state index in [1.165, 1.54) is 0 Å². The van der Waals surface area contributed by atoms with Gasteiger partial charge in [-0.25, -0.2) is 0 Å². The highest BCUT2D eigenvalue weighted by Gasteiger charge is 2.29. The molecule has 0 saturated carbocycles. The summed E-state index contributed by atoms with van der Waals surface area (Å²) in [6, 6.07) is 1.68. The van der Waals surface area contributed by atoms with E-state index < -0.39 is 27.0 Å². The van der Waals surface area contributed by atoms with Crippen LogP contribution >= 0.6 is 12.2 Å². The zero-order valence-electron chi connectivity index (χ0n) is 12.8. The molecule has 1 aromatic rings. The minimum atomic E-state index is -0.848. The van der Waals surface area contributed by atoms with E-state index in [0.29, 0.717) is 13.1 Å². The molecule has 0 bridgehead atoms. The summed E-state index contributed by atoms with van der Waals surface area (Å²) in [6.45, 7) is 5.78. The van der Waals surface area contributed by atoms with Gasteiger partial charge in [-0.15, -0.1) is 0 Å². The van der Waals surface area contributed by atoms with Crippen LogP contribution in [0.4, 0.5) is 11.4 Å². The summed E-state index contributed by atoms with van der Waals surface area (Å²) in [5.74, 6) is -0.987. The Morgan fingerprint density at radius 3 is 2.17 bits per heavy atom. The lowest BCUT2D eigenvalue weighted by atomic mass is 10.1. The van der Waals surface area contributed by atoms with Gasteiger partial charge in [0.1, 0.15) is 0 Å². The zero-order valence-corrected chi connectivity index (χ0v) is 13.6. The maximum absolute atomic E-state index is 11.7. The van der Waals surface area contributed by atoms with Crippen molar-refractivity contribution in [2.45, 2.75) is 20.8 Å². The van der Waals surface area contributed by atoms with Crippen molar-refractivity contribution in [2.75, 3.05) is 13.1 Å². The van der Waals surface area contributed by atoms with E-state index in [1.807, 2.05) is 13.8 Å². The number of carbonyl (C=O) groups is 1. The van der Waals surface area contributed by atoms with Crippen LogP contribution in [0.3, 0.4) is 0 Å². The molecule has 0 aliphatic rings. The largest absolute Gasteiger partial charge is 0.424 e. The van der Waals surface area contributed by atoms with Crippen molar-refractivity contribution in [3.8, 4) is 5.75 Å². The SMILES string of the molecule is CCN(CC)C(=S)Oc1c(C(C)=O)cc([N+](=O)[O-])cc1[N+](=O)[O-]. The first-order chi connectivity index (χ1) is 10.7. The molecule has 0 aliphatic carbocycles. The highest BCUT2D eigenvalue weighted by Crippen LogP contribution is 2.36. The molecule has 1 rings (SSSR count). The maximum atomic E-state index is 11.7. The third kappa shape index (κ3) is 4.19. The molecule has 0 amide bonds. The third-order valence-electron chi connectivity index (χ3n) is 3.05. The second-order valence-corrected chi connectivity index (χ2v) is 4.80. The van der Waals surface area contributed by atoms with Crippen LogP contribution in [-0.2, 0) is 0 Å². The van der Waals surface area contributed by atoms with Crippen molar-refractivity contribution >= 4 is 34.6 Å². The Balaban J connectivity index is 3.49. The summed E-state index contributed by atoms with van der Waals surface area (Å²) in [5, 5.41) is 22.0. The van der Waals surface area contributed by atoms with Gasteiger partial charge < -0.3 is 9.64 Å². The lowest BCUT2D eigenvalue weighted by Gasteiger charge is -2.21. The van der Waals surface area contributed by atoms with Crippen LogP contribution in [0.15, 0.2) is 12.1 Å². The predicted molar refractivity (Wildman–Crippen MR) is 85.9 cm³/mol. The molecule has 0 aliphatic heterocycles. The standard InChI is InChI=1S/C13H15N3O6S/c1-4-14(5-2)13(23)22-12-10(8(3)17)6-9(15(18)19)7-11(12)16(20)21/h6-7H,4-5H2,1-3H3. The van der Waals surface area contributed by atoms with Gasteiger partial charge in [0, 0.05) is 19.2 Å². The van der Waals surface area contributed by atoms with Crippen molar-refractivity contribution in [2.24, 2.45) is 0 Å². The molecule has 0 spiro atoms. The summed E-state index contributed by atoms with van der Waals surface area (Å²) in [7, 11) is 0. The van der Waals surface area contributed by atoms with E-state index in [4.69, 9.17) is 17.0 Å². The van der Waals surface area contributed by atoms with E-state index in [1.54, 1.807) is 4.90 Å². The number of ether oxygens (including phenoxy) is 1. The van der Waals surface area contributed by atoms with Gasteiger partial charge in [-0.05, 0) is 33.0 Å². The van der Waals surface area contributed by atoms with Crippen molar-refractivity contribution < 1.29 is 19.4 Å². The van der Waals surface area contributed by atoms with Crippen molar-refractivity contribution in [3.63, 3.8) is 0 Å². The van der Waals surface area contributed by atoms with E-state index in [-0.39, 0.29) is 16.5 Å². The molecule has 0 heterocycles. The van der Waals surface area contributed by atoms with Crippen LogP contribution in [-0.4, -0.2) is 38.8 Å². The number of thiocarbonyl (C=S) groups is 1. The van der Waals surface area contributed by atoms with Crippen molar-refractivity contribution in [3.05, 3.63) is 37.9 Å². The van der Waals surface area contributed by atoms with Gasteiger partial charge in [0.15, 0.2) is 5.78 Å². The minimum absolute atomic E-state index is 0.0468. The molecule has 9 nitrogen and oxygen atoms in total. The Kier molecular flexibility index (Phi) is 6.08. The molecule has 23 heavy (non-hydrogen) atoms. The lowest BCUT2D eigenvalue weighted by Crippen LogP contribution is -2.33. The number of ketones is 1. The highest BCUT2D eigenvalue weighted by molar-refractivity contribution is 7.80. The number of benzene rings is 1. The average Bonchev–Trinajstić information content (AvgIpc) is 2.47. The monoisotopic (exact) mass is 341 g/mol. The highest BCUT2D eigenvalue weighted by atomic mass is 32.1. The number of nitro groups is 2. The van der Waals surface area contributed by atoms with Gasteiger partial charge in [0.25, 0.3) is 10.9 Å². The number of hydrogen-bond donors (Lipinski definition) is 0. The Hall–Kier alpha value is -2.62. The Labute approximate surface area is 137 Å². The van der Waals surface area contributed by atoms with Crippen LogP contribution in [0, 0.1) is 20.2 Å². The smallest absolute Gasteiger partial charge is 0.319 e. The normalized spacial score (nSPS) is 10.0. The summed E-state index contributed by atoms with van der Waals surface area (Å²) in [4.78, 5) is 33.8. The fraction of sp³-hybridized carbons (Fsp3) is 0.385. The van der Waals surface area contributed by atoms with Gasteiger partial charge in [0.05, 0.1) is 21.5 Å². The van der Waals surface area contributed by atoms with E-state index in [0.717, 1.165) is 19.1 Å².